The molecular weight excluding hydrogens is 286 g/mol. The summed E-state index contributed by atoms with van der Waals surface area (Å²) in [6, 6.07) is 5.83. The molecule has 2 aromatic heterocycles. The van der Waals surface area contributed by atoms with Crippen molar-refractivity contribution >= 4 is 17.2 Å². The van der Waals surface area contributed by atoms with Gasteiger partial charge in [-0.05, 0) is 36.8 Å². The molecule has 1 saturated heterocycles. The van der Waals surface area contributed by atoms with Crippen LogP contribution in [0, 0.1) is 0 Å². The summed E-state index contributed by atoms with van der Waals surface area (Å²) in [5, 5.41) is 2.03. The molecule has 0 bridgehead atoms. The third-order valence-corrected chi connectivity index (χ3v) is 4.73. The molecule has 1 aliphatic heterocycles. The van der Waals surface area contributed by atoms with E-state index in [2.05, 4.69) is 16.0 Å². The van der Waals surface area contributed by atoms with Gasteiger partial charge in [-0.25, -0.2) is 9.78 Å². The Hall–Kier alpha value is -1.95. The number of thiophene rings is 1. The summed E-state index contributed by atoms with van der Waals surface area (Å²) in [5.41, 5.74) is 0.433. The largest absolute Gasteiger partial charge is 0.345 e. The number of aryl methyl sites for hydroxylation is 1. The van der Waals surface area contributed by atoms with Crippen LogP contribution in [0.4, 0.5) is 0 Å². The maximum atomic E-state index is 12.4. The molecule has 0 saturated carbocycles. The predicted molar refractivity (Wildman–Crippen MR) is 81.2 cm³/mol. The fourth-order valence-corrected chi connectivity index (χ4v) is 3.50. The lowest BCUT2D eigenvalue weighted by molar-refractivity contribution is -0.132. The zero-order chi connectivity index (χ0) is 14.7. The fourth-order valence-electron chi connectivity index (χ4n) is 2.79. The minimum absolute atomic E-state index is 0.0171. The maximum absolute atomic E-state index is 12.4. The molecule has 21 heavy (non-hydrogen) atoms. The smallest absolute Gasteiger partial charge is 0.334 e. The normalized spacial score (nSPS) is 18.1. The third kappa shape index (κ3) is 3.21. The highest BCUT2D eigenvalue weighted by Gasteiger charge is 2.30. The number of likely N-dealkylation sites (tertiary alicyclic amines) is 1. The van der Waals surface area contributed by atoms with E-state index in [-0.39, 0.29) is 17.6 Å². The van der Waals surface area contributed by atoms with Crippen LogP contribution in [0.1, 0.15) is 35.9 Å². The summed E-state index contributed by atoms with van der Waals surface area (Å²) in [6.07, 6.45) is 4.67. The van der Waals surface area contributed by atoms with Crippen LogP contribution in [0.15, 0.2) is 34.6 Å². The van der Waals surface area contributed by atoms with Crippen molar-refractivity contribution in [2.75, 3.05) is 6.54 Å². The van der Waals surface area contributed by atoms with Crippen LogP contribution in [0.2, 0.25) is 0 Å². The second-order valence-corrected chi connectivity index (χ2v) is 6.19. The van der Waals surface area contributed by atoms with Crippen molar-refractivity contribution in [2.45, 2.75) is 31.7 Å². The van der Waals surface area contributed by atoms with Gasteiger partial charge in [0.2, 0.25) is 5.91 Å². The van der Waals surface area contributed by atoms with Crippen molar-refractivity contribution in [3.05, 3.63) is 50.8 Å². The number of carbonyl (C=O) groups is 1. The van der Waals surface area contributed by atoms with Gasteiger partial charge in [-0.15, -0.1) is 11.3 Å². The molecule has 1 unspecified atom stereocenters. The van der Waals surface area contributed by atoms with E-state index in [1.54, 1.807) is 17.4 Å². The standard InChI is InChI=1S/C15H17N3O2S/c19-14(6-5-11-3-2-10-21-11)18-9-1-4-13(18)12-7-8-16-15(20)17-12/h2-3,7-8,10,13H,1,4-6,9H2,(H,16,17,20). The number of carbonyl (C=O) groups excluding carboxylic acids is 1. The van der Waals surface area contributed by atoms with E-state index in [1.807, 2.05) is 16.3 Å². The average Bonchev–Trinajstić information content (AvgIpc) is 3.16. The maximum Gasteiger partial charge on any atom is 0.345 e. The third-order valence-electron chi connectivity index (χ3n) is 3.79. The number of aromatic amines is 1. The number of hydrogen-bond donors (Lipinski definition) is 1. The summed E-state index contributed by atoms with van der Waals surface area (Å²) >= 11 is 1.68. The highest BCUT2D eigenvalue weighted by Crippen LogP contribution is 2.30. The topological polar surface area (TPSA) is 66.1 Å². The highest BCUT2D eigenvalue weighted by molar-refractivity contribution is 7.09. The molecule has 1 aliphatic rings. The van der Waals surface area contributed by atoms with Crippen molar-refractivity contribution in [1.82, 2.24) is 14.9 Å². The second kappa shape index (κ2) is 6.22. The van der Waals surface area contributed by atoms with Gasteiger partial charge in [-0.2, -0.15) is 0 Å². The molecule has 1 fully saturated rings. The molecule has 0 radical (unpaired) electrons. The van der Waals surface area contributed by atoms with Crippen LogP contribution in [-0.4, -0.2) is 27.3 Å². The average molecular weight is 303 g/mol. The van der Waals surface area contributed by atoms with Crippen molar-refractivity contribution in [2.24, 2.45) is 0 Å². The Kier molecular flexibility index (Phi) is 4.15. The molecule has 2 aromatic rings. The van der Waals surface area contributed by atoms with Gasteiger partial charge >= 0.3 is 5.69 Å². The zero-order valence-corrected chi connectivity index (χ0v) is 12.4. The zero-order valence-electron chi connectivity index (χ0n) is 11.6. The first-order valence-corrected chi connectivity index (χ1v) is 7.99. The molecule has 1 amide bonds. The van der Waals surface area contributed by atoms with E-state index < -0.39 is 0 Å². The lowest BCUT2D eigenvalue weighted by atomic mass is 10.1. The van der Waals surface area contributed by atoms with Gasteiger partial charge in [0.1, 0.15) is 0 Å². The van der Waals surface area contributed by atoms with Crippen LogP contribution in [0.25, 0.3) is 0 Å². The van der Waals surface area contributed by atoms with Crippen LogP contribution in [-0.2, 0) is 11.2 Å². The Balaban J connectivity index is 1.68. The van der Waals surface area contributed by atoms with Crippen LogP contribution >= 0.6 is 11.3 Å². The van der Waals surface area contributed by atoms with Crippen molar-refractivity contribution < 1.29 is 4.79 Å². The lowest BCUT2D eigenvalue weighted by Gasteiger charge is -2.24. The van der Waals surface area contributed by atoms with E-state index >= 15 is 0 Å². The van der Waals surface area contributed by atoms with E-state index in [0.717, 1.165) is 31.5 Å². The first kappa shape index (κ1) is 14.0. The molecule has 0 aromatic carbocycles. The number of nitrogens with one attached hydrogen (secondary N) is 1. The van der Waals surface area contributed by atoms with Gasteiger partial charge in [-0.1, -0.05) is 6.07 Å². The molecule has 110 valence electrons. The Morgan fingerprint density at radius 3 is 3.14 bits per heavy atom. The van der Waals surface area contributed by atoms with Gasteiger partial charge < -0.3 is 9.88 Å². The van der Waals surface area contributed by atoms with Crippen molar-refractivity contribution in [1.29, 1.82) is 0 Å². The molecule has 3 rings (SSSR count). The summed E-state index contributed by atoms with van der Waals surface area (Å²) < 4.78 is 0. The molecule has 1 N–H and O–H groups in total. The minimum Gasteiger partial charge on any atom is -0.334 e. The van der Waals surface area contributed by atoms with Crippen LogP contribution in [0.5, 0.6) is 0 Å². The van der Waals surface area contributed by atoms with Crippen molar-refractivity contribution in [3.8, 4) is 0 Å². The summed E-state index contributed by atoms with van der Waals surface area (Å²) in [5.74, 6) is 0.156. The predicted octanol–water partition coefficient (Wildman–Crippen LogP) is 2.13. The minimum atomic E-state index is -0.356. The molecule has 0 aliphatic carbocycles. The number of hydrogen-bond acceptors (Lipinski definition) is 4. The quantitative estimate of drug-likeness (QED) is 0.941. The number of H-pyrrole nitrogens is 1. The second-order valence-electron chi connectivity index (χ2n) is 5.15. The molecule has 3 heterocycles. The Labute approximate surface area is 126 Å². The summed E-state index contributed by atoms with van der Waals surface area (Å²) in [4.78, 5) is 33.3. The van der Waals surface area contributed by atoms with Crippen LogP contribution in [0.3, 0.4) is 0 Å². The number of amides is 1. The number of aromatic nitrogens is 2. The lowest BCUT2D eigenvalue weighted by Crippen LogP contribution is -2.32. The van der Waals surface area contributed by atoms with Crippen LogP contribution < -0.4 is 5.69 Å². The molecule has 0 spiro atoms. The summed E-state index contributed by atoms with van der Waals surface area (Å²) in [7, 11) is 0. The number of nitrogens with zero attached hydrogens (tertiary/aromatic N) is 2. The molecular formula is C15H17N3O2S. The Bertz CT molecular complexity index is 666. The summed E-state index contributed by atoms with van der Waals surface area (Å²) in [6.45, 7) is 0.762. The first-order valence-electron chi connectivity index (χ1n) is 7.11. The van der Waals surface area contributed by atoms with Gasteiger partial charge in [0, 0.05) is 29.7 Å². The monoisotopic (exact) mass is 303 g/mol. The Morgan fingerprint density at radius 2 is 2.38 bits per heavy atom. The van der Waals surface area contributed by atoms with E-state index in [4.69, 9.17) is 0 Å². The molecule has 1 atom stereocenters. The van der Waals surface area contributed by atoms with Gasteiger partial charge in [0.15, 0.2) is 0 Å². The Morgan fingerprint density at radius 1 is 1.48 bits per heavy atom. The highest BCUT2D eigenvalue weighted by atomic mass is 32.1. The van der Waals surface area contributed by atoms with E-state index in [0.29, 0.717) is 6.42 Å². The fraction of sp³-hybridized carbons (Fsp3) is 0.400. The number of rotatable bonds is 4. The van der Waals surface area contributed by atoms with E-state index in [1.165, 1.54) is 11.1 Å². The van der Waals surface area contributed by atoms with Gasteiger partial charge in [0.25, 0.3) is 0 Å². The molecule has 5 nitrogen and oxygen atoms in total. The SMILES string of the molecule is O=C(CCc1cccs1)N1CCCC1c1ccnc(=O)[nH]1. The molecule has 6 heteroatoms. The first-order chi connectivity index (χ1) is 10.2. The van der Waals surface area contributed by atoms with Gasteiger partial charge in [-0.3, -0.25) is 4.79 Å². The van der Waals surface area contributed by atoms with Crippen molar-refractivity contribution in [3.63, 3.8) is 0 Å². The van der Waals surface area contributed by atoms with E-state index in [9.17, 15) is 9.59 Å². The van der Waals surface area contributed by atoms with Gasteiger partial charge in [0.05, 0.1) is 6.04 Å².